The van der Waals surface area contributed by atoms with Crippen molar-refractivity contribution in [2.75, 3.05) is 19.0 Å². The van der Waals surface area contributed by atoms with E-state index in [0.29, 0.717) is 5.82 Å². The van der Waals surface area contributed by atoms with Crippen LogP contribution in [0.3, 0.4) is 0 Å². The fourth-order valence-electron chi connectivity index (χ4n) is 0.786. The van der Waals surface area contributed by atoms with Gasteiger partial charge in [-0.3, -0.25) is 4.79 Å². The Morgan fingerprint density at radius 2 is 2.38 bits per heavy atom. The summed E-state index contributed by atoms with van der Waals surface area (Å²) in [5, 5.41) is 2.81. The molecule has 70 valence electrons. The van der Waals surface area contributed by atoms with E-state index in [2.05, 4.69) is 20.0 Å². The van der Waals surface area contributed by atoms with E-state index in [-0.39, 0.29) is 12.5 Å². The standard InChI is InChI=1S/C8H11N3O2/c1-6-3-7(11-5-10-6)9-4-8(12)13-2/h3,5H,4H2,1-2H3,(H,9,10,11). The van der Waals surface area contributed by atoms with Gasteiger partial charge in [-0.05, 0) is 6.92 Å². The Morgan fingerprint density at radius 3 is 3.00 bits per heavy atom. The van der Waals surface area contributed by atoms with Crippen LogP contribution in [0.5, 0.6) is 0 Å². The Balaban J connectivity index is 2.50. The van der Waals surface area contributed by atoms with Gasteiger partial charge >= 0.3 is 5.97 Å². The summed E-state index contributed by atoms with van der Waals surface area (Å²) in [6.45, 7) is 1.97. The fraction of sp³-hybridized carbons (Fsp3) is 0.375. The van der Waals surface area contributed by atoms with E-state index in [4.69, 9.17) is 0 Å². The van der Waals surface area contributed by atoms with E-state index in [0.717, 1.165) is 5.69 Å². The summed E-state index contributed by atoms with van der Waals surface area (Å²) in [6, 6.07) is 1.75. The lowest BCUT2D eigenvalue weighted by Gasteiger charge is -2.03. The van der Waals surface area contributed by atoms with Crippen LogP contribution in [0.25, 0.3) is 0 Å². The summed E-state index contributed by atoms with van der Waals surface area (Å²) in [5.41, 5.74) is 0.849. The maximum Gasteiger partial charge on any atom is 0.325 e. The van der Waals surface area contributed by atoms with Gasteiger partial charge in [0.05, 0.1) is 7.11 Å². The Bertz CT molecular complexity index is 301. The average Bonchev–Trinajstić information content (AvgIpc) is 2.14. The summed E-state index contributed by atoms with van der Waals surface area (Å²) in [5.74, 6) is 0.300. The zero-order chi connectivity index (χ0) is 9.68. The number of carbonyl (C=O) groups is 1. The molecule has 0 saturated heterocycles. The zero-order valence-electron chi connectivity index (χ0n) is 7.57. The molecular formula is C8H11N3O2. The van der Waals surface area contributed by atoms with Crippen molar-refractivity contribution in [3.8, 4) is 0 Å². The van der Waals surface area contributed by atoms with Gasteiger partial charge in [0.25, 0.3) is 0 Å². The molecule has 1 heterocycles. The molecule has 0 radical (unpaired) electrons. The summed E-state index contributed by atoms with van der Waals surface area (Å²) >= 11 is 0. The molecule has 0 spiro atoms. The first-order valence-corrected chi connectivity index (χ1v) is 3.81. The summed E-state index contributed by atoms with van der Waals surface area (Å²) in [6.07, 6.45) is 1.44. The summed E-state index contributed by atoms with van der Waals surface area (Å²) < 4.78 is 4.46. The lowest BCUT2D eigenvalue weighted by atomic mass is 10.4. The van der Waals surface area contributed by atoms with E-state index in [1.165, 1.54) is 13.4 Å². The van der Waals surface area contributed by atoms with Gasteiger partial charge in [-0.15, -0.1) is 0 Å². The molecule has 0 saturated carbocycles. The molecule has 1 N–H and O–H groups in total. The first-order valence-electron chi connectivity index (χ1n) is 3.81. The minimum atomic E-state index is -0.323. The Hall–Kier alpha value is -1.65. The minimum Gasteiger partial charge on any atom is -0.468 e. The molecule has 0 aliphatic rings. The molecule has 0 amide bonds. The third kappa shape index (κ3) is 3.06. The van der Waals surface area contributed by atoms with Crippen LogP contribution in [0.15, 0.2) is 12.4 Å². The lowest BCUT2D eigenvalue weighted by molar-refractivity contribution is -0.138. The number of ether oxygens (including phenoxy) is 1. The number of hydrogen-bond acceptors (Lipinski definition) is 5. The van der Waals surface area contributed by atoms with Crippen molar-refractivity contribution in [3.05, 3.63) is 18.1 Å². The third-order valence-corrected chi connectivity index (χ3v) is 1.45. The van der Waals surface area contributed by atoms with Gasteiger partial charge in [-0.2, -0.15) is 0 Å². The largest absolute Gasteiger partial charge is 0.468 e. The Labute approximate surface area is 76.2 Å². The van der Waals surface area contributed by atoms with Crippen molar-refractivity contribution in [2.24, 2.45) is 0 Å². The number of nitrogens with one attached hydrogen (secondary N) is 1. The number of aromatic nitrogens is 2. The highest BCUT2D eigenvalue weighted by molar-refractivity contribution is 5.74. The number of anilines is 1. The van der Waals surface area contributed by atoms with Crippen molar-refractivity contribution in [1.82, 2.24) is 9.97 Å². The quantitative estimate of drug-likeness (QED) is 0.682. The predicted octanol–water partition coefficient (Wildman–Crippen LogP) is 0.370. The molecule has 5 nitrogen and oxygen atoms in total. The second-order valence-corrected chi connectivity index (χ2v) is 2.47. The van der Waals surface area contributed by atoms with Gasteiger partial charge in [0.2, 0.25) is 0 Å². The second-order valence-electron chi connectivity index (χ2n) is 2.47. The van der Waals surface area contributed by atoms with Crippen LogP contribution in [0, 0.1) is 6.92 Å². The number of rotatable bonds is 3. The molecule has 13 heavy (non-hydrogen) atoms. The summed E-state index contributed by atoms with van der Waals surface area (Å²) in [4.78, 5) is 18.6. The molecular weight excluding hydrogens is 170 g/mol. The molecule has 5 heteroatoms. The minimum absolute atomic E-state index is 0.118. The van der Waals surface area contributed by atoms with Crippen molar-refractivity contribution >= 4 is 11.8 Å². The maximum absolute atomic E-state index is 10.7. The topological polar surface area (TPSA) is 64.1 Å². The lowest BCUT2D eigenvalue weighted by Crippen LogP contribution is -2.15. The highest BCUT2D eigenvalue weighted by Crippen LogP contribution is 2.01. The summed E-state index contributed by atoms with van der Waals surface area (Å²) in [7, 11) is 1.34. The van der Waals surface area contributed by atoms with Crippen molar-refractivity contribution in [2.45, 2.75) is 6.92 Å². The SMILES string of the molecule is COC(=O)CNc1cc(C)ncn1. The number of esters is 1. The van der Waals surface area contributed by atoms with Gasteiger partial charge in [-0.1, -0.05) is 0 Å². The monoisotopic (exact) mass is 181 g/mol. The number of aryl methyl sites for hydroxylation is 1. The molecule has 0 unspecified atom stereocenters. The van der Waals surface area contributed by atoms with Gasteiger partial charge < -0.3 is 10.1 Å². The van der Waals surface area contributed by atoms with Crippen LogP contribution in [-0.4, -0.2) is 29.6 Å². The molecule has 0 aliphatic carbocycles. The van der Waals surface area contributed by atoms with Crippen LogP contribution in [0.4, 0.5) is 5.82 Å². The van der Waals surface area contributed by atoms with Gasteiger partial charge in [0, 0.05) is 11.8 Å². The van der Waals surface area contributed by atoms with Gasteiger partial charge in [0.15, 0.2) is 0 Å². The molecule has 1 aromatic rings. The molecule has 0 bridgehead atoms. The predicted molar refractivity (Wildman–Crippen MR) is 47.3 cm³/mol. The van der Waals surface area contributed by atoms with Crippen molar-refractivity contribution < 1.29 is 9.53 Å². The third-order valence-electron chi connectivity index (χ3n) is 1.45. The highest BCUT2D eigenvalue weighted by Gasteiger charge is 2.00. The first kappa shape index (κ1) is 9.44. The molecule has 1 aromatic heterocycles. The number of hydrogen-bond donors (Lipinski definition) is 1. The maximum atomic E-state index is 10.7. The van der Waals surface area contributed by atoms with Gasteiger partial charge in [0.1, 0.15) is 18.7 Å². The van der Waals surface area contributed by atoms with Gasteiger partial charge in [-0.25, -0.2) is 9.97 Å². The van der Waals surface area contributed by atoms with Crippen LogP contribution < -0.4 is 5.32 Å². The Kier molecular flexibility index (Phi) is 3.19. The van der Waals surface area contributed by atoms with Crippen LogP contribution in [0.2, 0.25) is 0 Å². The molecule has 0 aliphatic heterocycles. The first-order chi connectivity index (χ1) is 6.22. The zero-order valence-corrected chi connectivity index (χ0v) is 7.57. The van der Waals surface area contributed by atoms with E-state index >= 15 is 0 Å². The molecule has 0 fully saturated rings. The fourth-order valence-corrected chi connectivity index (χ4v) is 0.786. The van der Waals surface area contributed by atoms with Crippen LogP contribution in [-0.2, 0) is 9.53 Å². The second kappa shape index (κ2) is 4.39. The normalized spacial score (nSPS) is 9.38. The van der Waals surface area contributed by atoms with E-state index < -0.39 is 0 Å². The highest BCUT2D eigenvalue weighted by atomic mass is 16.5. The van der Waals surface area contributed by atoms with Crippen LogP contribution in [0.1, 0.15) is 5.69 Å². The van der Waals surface area contributed by atoms with E-state index in [1.54, 1.807) is 6.07 Å². The molecule has 0 aromatic carbocycles. The number of methoxy groups -OCH3 is 1. The van der Waals surface area contributed by atoms with Crippen molar-refractivity contribution in [3.63, 3.8) is 0 Å². The molecule has 0 atom stereocenters. The number of carbonyl (C=O) groups excluding carboxylic acids is 1. The van der Waals surface area contributed by atoms with E-state index in [1.807, 2.05) is 6.92 Å². The number of nitrogens with zero attached hydrogens (tertiary/aromatic N) is 2. The smallest absolute Gasteiger partial charge is 0.325 e. The average molecular weight is 181 g/mol. The van der Waals surface area contributed by atoms with E-state index in [9.17, 15) is 4.79 Å². The van der Waals surface area contributed by atoms with Crippen molar-refractivity contribution in [1.29, 1.82) is 0 Å². The van der Waals surface area contributed by atoms with Crippen LogP contribution >= 0.6 is 0 Å². The molecule has 1 rings (SSSR count). The Morgan fingerprint density at radius 1 is 1.62 bits per heavy atom.